The van der Waals surface area contributed by atoms with Crippen molar-refractivity contribution in [2.24, 2.45) is 5.92 Å². The van der Waals surface area contributed by atoms with Gasteiger partial charge in [-0.25, -0.2) is 4.90 Å². The third-order valence-electron chi connectivity index (χ3n) is 6.72. The summed E-state index contributed by atoms with van der Waals surface area (Å²) in [6, 6.07) is 22.5. The number of rotatable bonds is 5. The molecule has 7 nitrogen and oxygen atoms in total. The second kappa shape index (κ2) is 10.3. The predicted molar refractivity (Wildman–Crippen MR) is 154 cm³/mol. The zero-order chi connectivity index (χ0) is 27.3. The van der Waals surface area contributed by atoms with E-state index in [0.717, 1.165) is 16.9 Å². The number of amides is 3. The van der Waals surface area contributed by atoms with Gasteiger partial charge in [0.15, 0.2) is 0 Å². The number of halogens is 2. The Morgan fingerprint density at radius 3 is 2.15 bits per heavy atom. The Morgan fingerprint density at radius 2 is 1.49 bits per heavy atom. The maximum Gasteiger partial charge on any atom is 0.308 e. The molecule has 0 bridgehead atoms. The van der Waals surface area contributed by atoms with E-state index in [0.29, 0.717) is 31.3 Å². The molecule has 0 saturated carbocycles. The lowest BCUT2D eigenvalue weighted by Gasteiger charge is -2.30. The van der Waals surface area contributed by atoms with E-state index in [9.17, 15) is 19.2 Å². The molecule has 2 aliphatic rings. The molecule has 3 amide bonds. The number of aromatic nitrogens is 1. The molecule has 0 spiro atoms. The summed E-state index contributed by atoms with van der Waals surface area (Å²) >= 11 is 14.2. The fourth-order valence-electron chi connectivity index (χ4n) is 4.99. The zero-order valence-corrected chi connectivity index (χ0v) is 23.2. The number of benzene rings is 3. The molecule has 0 unspecified atom stereocenters. The van der Waals surface area contributed by atoms with E-state index in [1.807, 2.05) is 18.2 Å². The molecule has 0 aliphatic carbocycles. The summed E-state index contributed by atoms with van der Waals surface area (Å²) < 4.78 is 1.39. The third-order valence-corrected chi connectivity index (χ3v) is 9.83. The Kier molecular flexibility index (Phi) is 6.84. The van der Waals surface area contributed by atoms with Crippen LogP contribution in [0.25, 0.3) is 0 Å². The second-order valence-electron chi connectivity index (χ2n) is 9.12. The molecule has 6 rings (SSSR count). The summed E-state index contributed by atoms with van der Waals surface area (Å²) in [7, 11) is 0. The van der Waals surface area contributed by atoms with Crippen molar-refractivity contribution in [2.75, 3.05) is 10.2 Å². The average molecular weight is 597 g/mol. The summed E-state index contributed by atoms with van der Waals surface area (Å²) in [5, 5.41) is 3.61. The van der Waals surface area contributed by atoms with Gasteiger partial charge in [0.05, 0.1) is 16.6 Å². The van der Waals surface area contributed by atoms with Crippen LogP contribution in [-0.2, 0) is 20.9 Å². The first-order valence-corrected chi connectivity index (χ1v) is 14.4. The molecule has 3 heterocycles. The Labute approximate surface area is 241 Å². The fourth-order valence-corrected chi connectivity index (χ4v) is 8.02. The molecule has 2 aliphatic heterocycles. The lowest BCUT2D eigenvalue weighted by atomic mass is 9.83. The maximum atomic E-state index is 13.8. The van der Waals surface area contributed by atoms with E-state index in [4.69, 9.17) is 23.2 Å². The molecular weight excluding hydrogens is 577 g/mol. The van der Waals surface area contributed by atoms with Crippen LogP contribution in [0, 0.1) is 5.92 Å². The van der Waals surface area contributed by atoms with Crippen LogP contribution in [0.15, 0.2) is 88.7 Å². The van der Waals surface area contributed by atoms with Crippen LogP contribution in [0.1, 0.15) is 16.4 Å². The highest BCUT2D eigenvalue weighted by Crippen LogP contribution is 2.53. The van der Waals surface area contributed by atoms with Gasteiger partial charge in [-0.1, -0.05) is 76.6 Å². The third kappa shape index (κ3) is 4.69. The zero-order valence-electron chi connectivity index (χ0n) is 20.0. The molecule has 3 atom stereocenters. The molecule has 39 heavy (non-hydrogen) atoms. The average Bonchev–Trinajstić information content (AvgIpc) is 3.37. The Morgan fingerprint density at radius 1 is 0.846 bits per heavy atom. The second-order valence-corrected chi connectivity index (χ2v) is 12.1. The molecular formula is C28H19Cl2N3O4S2. The number of para-hydroxylation sites is 1. The molecule has 1 aromatic heterocycles. The van der Waals surface area contributed by atoms with Gasteiger partial charge in [0, 0.05) is 26.5 Å². The van der Waals surface area contributed by atoms with Gasteiger partial charge in [-0.3, -0.25) is 23.7 Å². The quantitative estimate of drug-likeness (QED) is 0.301. The first-order chi connectivity index (χ1) is 18.8. The van der Waals surface area contributed by atoms with Gasteiger partial charge < -0.3 is 5.32 Å². The van der Waals surface area contributed by atoms with E-state index in [1.54, 1.807) is 60.7 Å². The minimum absolute atomic E-state index is 0.241. The molecule has 1 N–H and O–H groups in total. The topological polar surface area (TPSA) is 88.5 Å². The predicted octanol–water partition coefficient (Wildman–Crippen LogP) is 5.65. The van der Waals surface area contributed by atoms with E-state index in [2.05, 4.69) is 5.32 Å². The van der Waals surface area contributed by atoms with Crippen LogP contribution in [-0.4, -0.2) is 27.5 Å². The van der Waals surface area contributed by atoms with Crippen molar-refractivity contribution in [3.63, 3.8) is 0 Å². The van der Waals surface area contributed by atoms with Crippen molar-refractivity contribution in [3.8, 4) is 0 Å². The maximum absolute atomic E-state index is 13.8. The number of hydrogen-bond donors (Lipinski definition) is 1. The number of carbonyl (C=O) groups is 3. The van der Waals surface area contributed by atoms with E-state index < -0.39 is 23.0 Å². The minimum Gasteiger partial charge on any atom is -0.325 e. The minimum atomic E-state index is -0.759. The first-order valence-electron chi connectivity index (χ1n) is 12.0. The summed E-state index contributed by atoms with van der Waals surface area (Å²) in [6.07, 6.45) is 0. The highest BCUT2D eigenvalue weighted by atomic mass is 35.5. The molecule has 0 radical (unpaired) electrons. The standard InChI is InChI=1S/C28H19Cl2N3O4S2/c29-16-8-6-15(7-9-16)21-22-23(26(36)33(25(22)35)19-4-2-1-3-5-19)38-27-24(21)39-28(37)32(27)14-20(34)31-18-12-10-17(30)11-13-18/h1-13,21-23H,14H2,(H,31,34)/t21-,22-,23+/m0/s1. The molecule has 11 heteroatoms. The van der Waals surface area contributed by atoms with Crippen LogP contribution >= 0.6 is 46.3 Å². The molecule has 4 aromatic rings. The summed E-state index contributed by atoms with van der Waals surface area (Å²) in [6.45, 7) is -0.241. The van der Waals surface area contributed by atoms with Crippen LogP contribution in [0.5, 0.6) is 0 Å². The first kappa shape index (κ1) is 25.9. The van der Waals surface area contributed by atoms with Crippen LogP contribution in [0.2, 0.25) is 10.0 Å². The van der Waals surface area contributed by atoms with E-state index in [1.165, 1.54) is 21.2 Å². The summed E-state index contributed by atoms with van der Waals surface area (Å²) in [5.74, 6) is -2.33. The van der Waals surface area contributed by atoms with Crippen molar-refractivity contribution < 1.29 is 14.4 Å². The van der Waals surface area contributed by atoms with Gasteiger partial charge in [-0.05, 0) is 54.1 Å². The van der Waals surface area contributed by atoms with Gasteiger partial charge in [0.25, 0.3) is 0 Å². The number of nitrogens with one attached hydrogen (secondary N) is 1. The number of thiazole rings is 1. The van der Waals surface area contributed by atoms with Gasteiger partial charge in [0.2, 0.25) is 17.7 Å². The Hall–Kier alpha value is -3.37. The van der Waals surface area contributed by atoms with Crippen LogP contribution in [0.3, 0.4) is 0 Å². The van der Waals surface area contributed by atoms with Crippen molar-refractivity contribution in [1.29, 1.82) is 0 Å². The van der Waals surface area contributed by atoms with Crippen molar-refractivity contribution in [1.82, 2.24) is 4.57 Å². The molecule has 196 valence electrons. The number of thioether (sulfide) groups is 1. The van der Waals surface area contributed by atoms with Gasteiger partial charge >= 0.3 is 4.87 Å². The van der Waals surface area contributed by atoms with Gasteiger partial charge in [-0.2, -0.15) is 0 Å². The Bertz CT molecular complexity index is 1650. The number of carbonyl (C=O) groups excluding carboxylic acids is 3. The van der Waals surface area contributed by atoms with Gasteiger partial charge in [-0.15, -0.1) is 0 Å². The highest BCUT2D eigenvalue weighted by Gasteiger charge is 2.56. The lowest BCUT2D eigenvalue weighted by Crippen LogP contribution is -2.33. The molecule has 1 fully saturated rings. The summed E-state index contributed by atoms with van der Waals surface area (Å²) in [4.78, 5) is 55.2. The van der Waals surface area contributed by atoms with Crippen LogP contribution < -0.4 is 15.1 Å². The Balaban J connectivity index is 1.40. The molecule has 3 aromatic carbocycles. The smallest absolute Gasteiger partial charge is 0.308 e. The lowest BCUT2D eigenvalue weighted by molar-refractivity contribution is -0.122. The van der Waals surface area contributed by atoms with E-state index in [-0.39, 0.29) is 23.2 Å². The van der Waals surface area contributed by atoms with Crippen molar-refractivity contribution in [3.05, 3.63) is 109 Å². The SMILES string of the molecule is O=C(Cn1c2c(sc1=O)[C@@H](c1ccc(Cl)cc1)[C@@H]1C(=O)N(c3ccccc3)C(=O)[C@@H]1S2)Nc1ccc(Cl)cc1. The van der Waals surface area contributed by atoms with E-state index >= 15 is 0 Å². The van der Waals surface area contributed by atoms with Crippen molar-refractivity contribution >= 4 is 75.4 Å². The highest BCUT2D eigenvalue weighted by molar-refractivity contribution is 8.00. The van der Waals surface area contributed by atoms with Crippen molar-refractivity contribution in [2.45, 2.75) is 22.7 Å². The fraction of sp³-hybridized carbons (Fsp3) is 0.143. The number of hydrogen-bond acceptors (Lipinski definition) is 6. The number of imide groups is 1. The number of fused-ring (bicyclic) bond motifs is 2. The summed E-state index contributed by atoms with van der Waals surface area (Å²) in [5.41, 5.74) is 1.81. The molecule has 1 saturated heterocycles. The number of anilines is 2. The van der Waals surface area contributed by atoms with Crippen LogP contribution in [0.4, 0.5) is 11.4 Å². The number of nitrogens with zero attached hydrogens (tertiary/aromatic N) is 2. The normalized spacial score (nSPS) is 20.1. The monoisotopic (exact) mass is 595 g/mol. The van der Waals surface area contributed by atoms with Gasteiger partial charge in [0.1, 0.15) is 11.8 Å². The largest absolute Gasteiger partial charge is 0.325 e.